The van der Waals surface area contributed by atoms with Crippen molar-refractivity contribution in [3.8, 4) is 0 Å². The molecule has 0 bridgehead atoms. The van der Waals surface area contributed by atoms with E-state index in [1.54, 1.807) is 0 Å². The van der Waals surface area contributed by atoms with E-state index in [1.165, 1.54) is 21.5 Å². The molecule has 0 unspecified atom stereocenters. The highest BCUT2D eigenvalue weighted by atomic mass is 16.7. The first-order chi connectivity index (χ1) is 13.1. The van der Waals surface area contributed by atoms with Gasteiger partial charge in [-0.25, -0.2) is 0 Å². The smallest absolute Gasteiger partial charge is 0.313 e. The maximum atomic E-state index is 12.2. The van der Waals surface area contributed by atoms with Crippen LogP contribution in [0.3, 0.4) is 0 Å². The highest BCUT2D eigenvalue weighted by Crippen LogP contribution is 2.33. The van der Waals surface area contributed by atoms with Crippen molar-refractivity contribution in [2.45, 2.75) is 53.6 Å². The molecule has 0 heterocycles. The molecule has 3 aromatic rings. The fourth-order valence-electron chi connectivity index (χ4n) is 3.40. The van der Waals surface area contributed by atoms with E-state index in [1.807, 2.05) is 34.6 Å². The van der Waals surface area contributed by atoms with E-state index in [0.29, 0.717) is 0 Å². The summed E-state index contributed by atoms with van der Waals surface area (Å²) in [5, 5.41) is 4.86. The average Bonchev–Trinajstić information content (AvgIpc) is 2.65. The summed E-state index contributed by atoms with van der Waals surface area (Å²) in [6.07, 6.45) is 0.729. The molecule has 0 radical (unpaired) electrons. The molecule has 0 aliphatic carbocycles. The number of hydrogen-bond donors (Lipinski definition) is 0. The largest absolute Gasteiger partial charge is 0.438 e. The van der Waals surface area contributed by atoms with E-state index in [4.69, 9.17) is 9.47 Å². The van der Waals surface area contributed by atoms with Crippen LogP contribution in [0.1, 0.15) is 52.2 Å². The summed E-state index contributed by atoms with van der Waals surface area (Å²) in [5.41, 5.74) is 1.20. The molecule has 0 amide bonds. The van der Waals surface area contributed by atoms with Gasteiger partial charge in [0.15, 0.2) is 6.79 Å². The highest BCUT2D eigenvalue weighted by Gasteiger charge is 2.29. The van der Waals surface area contributed by atoms with Gasteiger partial charge < -0.3 is 9.47 Å². The number of benzene rings is 3. The molecular formula is C25H30O3. The quantitative estimate of drug-likeness (QED) is 0.279. The summed E-state index contributed by atoms with van der Waals surface area (Å²) >= 11 is 0. The molecule has 148 valence electrons. The van der Waals surface area contributed by atoms with Crippen LogP contribution in [-0.2, 0) is 19.9 Å². The standard InChI is InChI=1S/C25H30O3/c1-7-24(3,4)23(26)27-16-28-25(5,6)22-15-21-14-19-11-9-8-10-18(19)13-20(21)12-17(22)2/h8-15H,7,16H2,1-6H3. The fraction of sp³-hybridized carbons (Fsp3) is 0.400. The average molecular weight is 379 g/mol. The molecule has 0 spiro atoms. The lowest BCUT2D eigenvalue weighted by Gasteiger charge is -2.29. The Bertz CT molecular complexity index is 1010. The number of esters is 1. The molecule has 28 heavy (non-hydrogen) atoms. The third-order valence-corrected chi connectivity index (χ3v) is 5.74. The van der Waals surface area contributed by atoms with Gasteiger partial charge in [0, 0.05) is 0 Å². The Morgan fingerprint density at radius 1 is 0.893 bits per heavy atom. The summed E-state index contributed by atoms with van der Waals surface area (Å²) in [6, 6.07) is 17.2. The van der Waals surface area contributed by atoms with E-state index in [0.717, 1.165) is 17.5 Å². The van der Waals surface area contributed by atoms with Crippen molar-refractivity contribution in [3.63, 3.8) is 0 Å². The van der Waals surface area contributed by atoms with Gasteiger partial charge in [-0.3, -0.25) is 4.79 Å². The van der Waals surface area contributed by atoms with E-state index in [2.05, 4.69) is 55.5 Å². The van der Waals surface area contributed by atoms with Gasteiger partial charge in [0.1, 0.15) is 0 Å². The Kier molecular flexibility index (Phi) is 5.49. The summed E-state index contributed by atoms with van der Waals surface area (Å²) in [6.45, 7) is 11.8. The summed E-state index contributed by atoms with van der Waals surface area (Å²) in [4.78, 5) is 12.2. The molecule has 3 nitrogen and oxygen atoms in total. The van der Waals surface area contributed by atoms with Crippen LogP contribution in [0.25, 0.3) is 21.5 Å². The Hall–Kier alpha value is -2.39. The highest BCUT2D eigenvalue weighted by molar-refractivity contribution is 5.98. The van der Waals surface area contributed by atoms with E-state index >= 15 is 0 Å². The van der Waals surface area contributed by atoms with Gasteiger partial charge in [-0.05, 0) is 91.9 Å². The van der Waals surface area contributed by atoms with Gasteiger partial charge in [-0.1, -0.05) is 37.3 Å². The third kappa shape index (κ3) is 4.05. The van der Waals surface area contributed by atoms with Crippen molar-refractivity contribution >= 4 is 27.5 Å². The molecular weight excluding hydrogens is 348 g/mol. The van der Waals surface area contributed by atoms with Crippen LogP contribution in [0.15, 0.2) is 48.5 Å². The zero-order valence-corrected chi connectivity index (χ0v) is 17.8. The number of fused-ring (bicyclic) bond motifs is 2. The van der Waals surface area contributed by atoms with Gasteiger partial charge in [0.2, 0.25) is 0 Å². The third-order valence-electron chi connectivity index (χ3n) is 5.74. The normalized spacial score (nSPS) is 12.5. The molecule has 0 atom stereocenters. The minimum Gasteiger partial charge on any atom is -0.438 e. The van der Waals surface area contributed by atoms with E-state index < -0.39 is 11.0 Å². The van der Waals surface area contributed by atoms with Crippen molar-refractivity contribution in [2.75, 3.05) is 6.79 Å². The van der Waals surface area contributed by atoms with Gasteiger partial charge in [-0.2, -0.15) is 0 Å². The maximum Gasteiger partial charge on any atom is 0.313 e. The van der Waals surface area contributed by atoms with Crippen LogP contribution >= 0.6 is 0 Å². The zero-order chi connectivity index (χ0) is 20.5. The predicted molar refractivity (Wildman–Crippen MR) is 115 cm³/mol. The lowest BCUT2D eigenvalue weighted by molar-refractivity contribution is -0.179. The molecule has 3 aromatic carbocycles. The number of aryl methyl sites for hydroxylation is 1. The summed E-state index contributed by atoms with van der Waals surface area (Å²) in [7, 11) is 0. The second kappa shape index (κ2) is 7.56. The van der Waals surface area contributed by atoms with Gasteiger partial charge in [0.05, 0.1) is 11.0 Å². The van der Waals surface area contributed by atoms with Crippen molar-refractivity contribution < 1.29 is 14.3 Å². The van der Waals surface area contributed by atoms with Crippen LogP contribution in [-0.4, -0.2) is 12.8 Å². The van der Waals surface area contributed by atoms with Crippen molar-refractivity contribution in [2.24, 2.45) is 5.41 Å². The van der Waals surface area contributed by atoms with Crippen molar-refractivity contribution in [1.82, 2.24) is 0 Å². The van der Waals surface area contributed by atoms with Crippen LogP contribution in [0.5, 0.6) is 0 Å². The lowest BCUT2D eigenvalue weighted by Crippen LogP contribution is -2.30. The minimum absolute atomic E-state index is 0.0511. The molecule has 0 saturated carbocycles. The maximum absolute atomic E-state index is 12.2. The molecule has 0 aliphatic rings. The number of carbonyl (C=O) groups excluding carboxylic acids is 1. The molecule has 0 N–H and O–H groups in total. The SMILES string of the molecule is CCC(C)(C)C(=O)OCOC(C)(C)c1cc2cc3ccccc3cc2cc1C. The fourth-order valence-corrected chi connectivity index (χ4v) is 3.40. The molecule has 0 fully saturated rings. The number of ether oxygens (including phenoxy) is 2. The van der Waals surface area contributed by atoms with E-state index in [-0.39, 0.29) is 12.8 Å². The zero-order valence-electron chi connectivity index (χ0n) is 17.8. The van der Waals surface area contributed by atoms with Gasteiger partial charge in [0.25, 0.3) is 0 Å². The van der Waals surface area contributed by atoms with Crippen LogP contribution in [0.2, 0.25) is 0 Å². The van der Waals surface area contributed by atoms with Gasteiger partial charge in [-0.15, -0.1) is 0 Å². The van der Waals surface area contributed by atoms with Crippen molar-refractivity contribution in [3.05, 3.63) is 59.7 Å². The lowest BCUT2D eigenvalue weighted by atomic mass is 9.90. The summed E-state index contributed by atoms with van der Waals surface area (Å²) in [5.74, 6) is -0.229. The Labute approximate surface area is 167 Å². The van der Waals surface area contributed by atoms with Crippen LogP contribution in [0, 0.1) is 12.3 Å². The first kappa shape index (κ1) is 20.3. The van der Waals surface area contributed by atoms with Crippen LogP contribution < -0.4 is 0 Å². The monoisotopic (exact) mass is 378 g/mol. The van der Waals surface area contributed by atoms with E-state index in [9.17, 15) is 4.79 Å². The Morgan fingerprint density at radius 3 is 2.04 bits per heavy atom. The molecule has 0 aromatic heterocycles. The number of hydrogen-bond acceptors (Lipinski definition) is 3. The minimum atomic E-state index is -0.569. The van der Waals surface area contributed by atoms with Crippen molar-refractivity contribution in [1.29, 1.82) is 0 Å². The topological polar surface area (TPSA) is 35.5 Å². The Morgan fingerprint density at radius 2 is 1.46 bits per heavy atom. The second-order valence-corrected chi connectivity index (χ2v) is 8.66. The number of carbonyl (C=O) groups is 1. The van der Waals surface area contributed by atoms with Crippen LogP contribution in [0.4, 0.5) is 0 Å². The first-order valence-electron chi connectivity index (χ1n) is 9.89. The molecule has 3 rings (SSSR count). The first-order valence-corrected chi connectivity index (χ1v) is 9.89. The summed E-state index contributed by atoms with van der Waals surface area (Å²) < 4.78 is 11.4. The molecule has 0 aliphatic heterocycles. The number of rotatable bonds is 6. The molecule has 0 saturated heterocycles. The Balaban J connectivity index is 1.85. The van der Waals surface area contributed by atoms with Gasteiger partial charge >= 0.3 is 5.97 Å². The predicted octanol–water partition coefficient (Wildman–Crippen LogP) is 6.49. The second-order valence-electron chi connectivity index (χ2n) is 8.66. The molecule has 3 heteroatoms.